The predicted octanol–water partition coefficient (Wildman–Crippen LogP) is 3.28. The number of benzene rings is 2. The van der Waals surface area contributed by atoms with Gasteiger partial charge in [0, 0.05) is 38.9 Å². The monoisotopic (exact) mass is 326 g/mol. The molecule has 0 aliphatic carbocycles. The number of carbonyl (C=O) groups excluding carboxylic acids is 1. The van der Waals surface area contributed by atoms with Crippen LogP contribution >= 0.6 is 0 Å². The molecule has 0 radical (unpaired) electrons. The lowest BCUT2D eigenvalue weighted by Crippen LogP contribution is -2.29. The summed E-state index contributed by atoms with van der Waals surface area (Å²) < 4.78 is 0. The number of amides is 1. The zero-order valence-corrected chi connectivity index (χ0v) is 14.4. The number of hydrogen-bond donors (Lipinski definition) is 2. The van der Waals surface area contributed by atoms with Crippen molar-refractivity contribution in [2.24, 2.45) is 5.92 Å². The molecule has 24 heavy (non-hydrogen) atoms. The van der Waals surface area contributed by atoms with Crippen LogP contribution in [0.2, 0.25) is 0 Å². The second-order valence-electron chi connectivity index (χ2n) is 6.32. The summed E-state index contributed by atoms with van der Waals surface area (Å²) in [5.41, 5.74) is 3.26. The molecule has 2 aromatic rings. The lowest BCUT2D eigenvalue weighted by Gasteiger charge is -2.25. The van der Waals surface area contributed by atoms with E-state index in [4.69, 9.17) is 0 Å². The van der Waals surface area contributed by atoms with Crippen LogP contribution in [0.15, 0.2) is 54.6 Å². The molecule has 0 aliphatic heterocycles. The van der Waals surface area contributed by atoms with Gasteiger partial charge < -0.3 is 10.4 Å². The number of aliphatic hydroxyl groups is 1. The summed E-state index contributed by atoms with van der Waals surface area (Å²) in [6.45, 7) is 6.23. The van der Waals surface area contributed by atoms with Gasteiger partial charge >= 0.3 is 0 Å². The number of nitrogens with zero attached hydrogens (tertiary/aromatic N) is 1. The summed E-state index contributed by atoms with van der Waals surface area (Å²) in [5, 5.41) is 12.2. The van der Waals surface area contributed by atoms with Crippen LogP contribution in [0.4, 0.5) is 5.69 Å². The van der Waals surface area contributed by atoms with E-state index in [9.17, 15) is 9.90 Å². The van der Waals surface area contributed by atoms with E-state index < -0.39 is 0 Å². The Kier molecular flexibility index (Phi) is 6.97. The summed E-state index contributed by atoms with van der Waals surface area (Å²) in [6, 6.07) is 18.3. The van der Waals surface area contributed by atoms with E-state index >= 15 is 0 Å². The molecule has 0 bridgehead atoms. The van der Waals surface area contributed by atoms with Gasteiger partial charge in [0.25, 0.3) is 0 Å². The van der Waals surface area contributed by atoms with Crippen LogP contribution in [0, 0.1) is 5.92 Å². The fourth-order valence-electron chi connectivity index (χ4n) is 2.68. The van der Waals surface area contributed by atoms with Crippen LogP contribution in [-0.2, 0) is 17.9 Å². The van der Waals surface area contributed by atoms with E-state index in [1.165, 1.54) is 18.1 Å². The minimum atomic E-state index is -0.0646. The molecule has 4 heteroatoms. The Morgan fingerprint density at radius 2 is 1.62 bits per heavy atom. The van der Waals surface area contributed by atoms with Gasteiger partial charge in [-0.1, -0.05) is 49.4 Å². The maximum Gasteiger partial charge on any atom is 0.221 e. The first-order chi connectivity index (χ1) is 11.6. The highest BCUT2D eigenvalue weighted by Crippen LogP contribution is 2.15. The van der Waals surface area contributed by atoms with Crippen molar-refractivity contribution < 1.29 is 9.90 Å². The lowest BCUT2D eigenvalue weighted by atomic mass is 10.1. The van der Waals surface area contributed by atoms with Crippen molar-refractivity contribution in [3.8, 4) is 0 Å². The van der Waals surface area contributed by atoms with Gasteiger partial charge in [0.1, 0.15) is 0 Å². The molecule has 1 amide bonds. The molecule has 0 aliphatic rings. The smallest absolute Gasteiger partial charge is 0.221 e. The number of anilines is 1. The molecule has 2 N–H and O–H groups in total. The highest BCUT2D eigenvalue weighted by atomic mass is 16.3. The van der Waals surface area contributed by atoms with Crippen molar-refractivity contribution in [3.05, 3.63) is 65.7 Å². The van der Waals surface area contributed by atoms with Gasteiger partial charge in [0.15, 0.2) is 0 Å². The Hall–Kier alpha value is -2.17. The maximum atomic E-state index is 11.1. The molecule has 1 atom stereocenters. The van der Waals surface area contributed by atoms with Crippen molar-refractivity contribution in [1.29, 1.82) is 0 Å². The van der Waals surface area contributed by atoms with Gasteiger partial charge in [-0.05, 0) is 29.2 Å². The molecule has 0 spiro atoms. The van der Waals surface area contributed by atoms with Gasteiger partial charge in [-0.3, -0.25) is 9.69 Å². The average Bonchev–Trinajstić information content (AvgIpc) is 2.57. The minimum absolute atomic E-state index is 0.0646. The molecule has 0 fully saturated rings. The minimum Gasteiger partial charge on any atom is -0.396 e. The fourth-order valence-corrected chi connectivity index (χ4v) is 2.68. The van der Waals surface area contributed by atoms with E-state index in [-0.39, 0.29) is 18.4 Å². The zero-order chi connectivity index (χ0) is 17.4. The topological polar surface area (TPSA) is 52.6 Å². The quantitative estimate of drug-likeness (QED) is 0.783. The van der Waals surface area contributed by atoms with E-state index in [2.05, 4.69) is 29.3 Å². The van der Waals surface area contributed by atoms with Gasteiger partial charge in [0.05, 0.1) is 0 Å². The highest BCUT2D eigenvalue weighted by Gasteiger charge is 2.11. The fraction of sp³-hybridized carbons (Fsp3) is 0.350. The van der Waals surface area contributed by atoms with E-state index in [1.54, 1.807) is 0 Å². The Labute approximate surface area is 144 Å². The van der Waals surface area contributed by atoms with Crippen molar-refractivity contribution in [2.75, 3.05) is 18.5 Å². The third-order valence-electron chi connectivity index (χ3n) is 3.81. The van der Waals surface area contributed by atoms with Crippen LogP contribution < -0.4 is 5.32 Å². The molecule has 0 unspecified atom stereocenters. The Bertz CT molecular complexity index is 626. The van der Waals surface area contributed by atoms with E-state index in [0.29, 0.717) is 0 Å². The van der Waals surface area contributed by atoms with E-state index in [1.807, 2.05) is 42.5 Å². The first-order valence-electron chi connectivity index (χ1n) is 8.30. The molecule has 4 nitrogen and oxygen atoms in total. The molecule has 0 aromatic heterocycles. The van der Waals surface area contributed by atoms with Gasteiger partial charge in [0.2, 0.25) is 5.91 Å². The first kappa shape index (κ1) is 18.2. The lowest BCUT2D eigenvalue weighted by molar-refractivity contribution is -0.114. The second-order valence-corrected chi connectivity index (χ2v) is 6.32. The Morgan fingerprint density at radius 3 is 2.17 bits per heavy atom. The first-order valence-corrected chi connectivity index (χ1v) is 8.30. The van der Waals surface area contributed by atoms with Crippen LogP contribution in [0.5, 0.6) is 0 Å². The summed E-state index contributed by atoms with van der Waals surface area (Å²) >= 11 is 0. The standard InChI is InChI=1S/C20H26N2O2/c1-16(15-23)12-22(13-18-6-4-3-5-7-18)14-19-8-10-20(11-9-19)21-17(2)24/h3-11,16,23H,12-15H2,1-2H3,(H,21,24)/t16-/m1/s1. The largest absolute Gasteiger partial charge is 0.396 e. The van der Waals surface area contributed by atoms with Crippen molar-refractivity contribution in [2.45, 2.75) is 26.9 Å². The Balaban J connectivity index is 2.05. The summed E-state index contributed by atoms with van der Waals surface area (Å²) in [7, 11) is 0. The van der Waals surface area contributed by atoms with Gasteiger partial charge in [-0.2, -0.15) is 0 Å². The SMILES string of the molecule is CC(=O)Nc1ccc(CN(Cc2ccccc2)C[C@@H](C)CO)cc1. The second kappa shape index (κ2) is 9.21. The summed E-state index contributed by atoms with van der Waals surface area (Å²) in [5.74, 6) is 0.164. The van der Waals surface area contributed by atoms with Crippen LogP contribution in [0.3, 0.4) is 0 Å². The molecular weight excluding hydrogens is 300 g/mol. The number of nitrogens with one attached hydrogen (secondary N) is 1. The number of hydrogen-bond acceptors (Lipinski definition) is 3. The Morgan fingerprint density at radius 1 is 1.04 bits per heavy atom. The van der Waals surface area contributed by atoms with Gasteiger partial charge in [-0.15, -0.1) is 0 Å². The number of aliphatic hydroxyl groups excluding tert-OH is 1. The number of carbonyl (C=O) groups is 1. The molecule has 2 aromatic carbocycles. The van der Waals surface area contributed by atoms with Gasteiger partial charge in [-0.25, -0.2) is 0 Å². The normalized spacial score (nSPS) is 12.2. The molecule has 0 heterocycles. The highest BCUT2D eigenvalue weighted by molar-refractivity contribution is 5.88. The summed E-state index contributed by atoms with van der Waals surface area (Å²) in [4.78, 5) is 13.4. The molecule has 128 valence electrons. The molecule has 2 rings (SSSR count). The van der Waals surface area contributed by atoms with Crippen molar-refractivity contribution in [3.63, 3.8) is 0 Å². The third-order valence-corrected chi connectivity index (χ3v) is 3.81. The maximum absolute atomic E-state index is 11.1. The van der Waals surface area contributed by atoms with Crippen molar-refractivity contribution >= 4 is 11.6 Å². The molecular formula is C20H26N2O2. The van der Waals surface area contributed by atoms with E-state index in [0.717, 1.165) is 25.3 Å². The predicted molar refractivity (Wildman–Crippen MR) is 97.6 cm³/mol. The third kappa shape index (κ3) is 6.14. The summed E-state index contributed by atoms with van der Waals surface area (Å²) in [6.07, 6.45) is 0. The van der Waals surface area contributed by atoms with Crippen LogP contribution in [-0.4, -0.2) is 29.1 Å². The molecule has 0 saturated heterocycles. The van der Waals surface area contributed by atoms with Crippen molar-refractivity contribution in [1.82, 2.24) is 4.90 Å². The molecule has 0 saturated carbocycles. The average molecular weight is 326 g/mol. The van der Waals surface area contributed by atoms with Crippen LogP contribution in [0.1, 0.15) is 25.0 Å². The van der Waals surface area contributed by atoms with Crippen LogP contribution in [0.25, 0.3) is 0 Å². The number of rotatable bonds is 8. The zero-order valence-electron chi connectivity index (χ0n) is 14.4.